The predicted octanol–water partition coefficient (Wildman–Crippen LogP) is 3.82. The van der Waals surface area contributed by atoms with Gasteiger partial charge in [0.2, 0.25) is 5.25 Å². The standard InChI is InChI=1S/C15H29O3S.BF4/c1-15(2,3)18-14(17)13(19(4)5)12(16)11-9-7-6-8-10-11;2-1(3,4)5/h11-13,16H,6-10H2,1-5H3;/q+1;-1/t12-,13-;/m0./s1. The van der Waals surface area contributed by atoms with Crippen LogP contribution in [-0.2, 0) is 20.4 Å². The Labute approximate surface area is 145 Å². The molecule has 0 saturated heterocycles. The Bertz CT molecular complexity index is 374. The second-order valence-electron chi connectivity index (χ2n) is 7.22. The molecule has 1 fully saturated rings. The minimum absolute atomic E-state index is 0.174. The molecule has 24 heavy (non-hydrogen) atoms. The first-order valence-corrected chi connectivity index (χ1v) is 10.2. The van der Waals surface area contributed by atoms with Gasteiger partial charge in [0, 0.05) is 0 Å². The van der Waals surface area contributed by atoms with E-state index in [1.54, 1.807) is 0 Å². The maximum absolute atomic E-state index is 12.3. The number of halogens is 4. The highest BCUT2D eigenvalue weighted by molar-refractivity contribution is 7.96. The van der Waals surface area contributed by atoms with Crippen molar-refractivity contribution in [3.63, 3.8) is 0 Å². The number of rotatable bonds is 4. The van der Waals surface area contributed by atoms with Gasteiger partial charge >= 0.3 is 13.2 Å². The molecule has 0 unspecified atom stereocenters. The molecule has 0 heterocycles. The zero-order valence-corrected chi connectivity index (χ0v) is 15.8. The average molecular weight is 376 g/mol. The first-order valence-electron chi connectivity index (χ1n) is 8.07. The Kier molecular flexibility index (Phi) is 9.72. The average Bonchev–Trinajstić information content (AvgIpc) is 2.35. The molecule has 0 amide bonds. The summed E-state index contributed by atoms with van der Waals surface area (Å²) in [5.74, 6) is 0.0278. The van der Waals surface area contributed by atoms with Gasteiger partial charge in [-0.15, -0.1) is 0 Å². The van der Waals surface area contributed by atoms with Crippen molar-refractivity contribution in [3.05, 3.63) is 0 Å². The maximum Gasteiger partial charge on any atom is 0.673 e. The third-order valence-corrected chi connectivity index (χ3v) is 5.08. The fourth-order valence-electron chi connectivity index (χ4n) is 2.69. The van der Waals surface area contributed by atoms with Gasteiger partial charge in [-0.3, -0.25) is 0 Å². The summed E-state index contributed by atoms with van der Waals surface area (Å²) in [6, 6.07) is 0. The highest BCUT2D eigenvalue weighted by Crippen LogP contribution is 2.30. The van der Waals surface area contributed by atoms with Gasteiger partial charge in [-0.05, 0) is 50.4 Å². The van der Waals surface area contributed by atoms with Crippen molar-refractivity contribution in [2.24, 2.45) is 5.92 Å². The van der Waals surface area contributed by atoms with Crippen molar-refractivity contribution < 1.29 is 31.9 Å². The van der Waals surface area contributed by atoms with Crippen molar-refractivity contribution in [3.8, 4) is 0 Å². The van der Waals surface area contributed by atoms with Crippen LogP contribution in [0.1, 0.15) is 52.9 Å². The molecular formula is C15H29BF4O3S. The normalized spacial score (nSPS) is 19.3. The second-order valence-corrected chi connectivity index (χ2v) is 9.48. The van der Waals surface area contributed by atoms with E-state index in [2.05, 4.69) is 0 Å². The van der Waals surface area contributed by atoms with Crippen LogP contribution in [0, 0.1) is 5.92 Å². The van der Waals surface area contributed by atoms with Gasteiger partial charge in [-0.1, -0.05) is 19.3 Å². The van der Waals surface area contributed by atoms with E-state index in [1.165, 1.54) is 19.3 Å². The fraction of sp³-hybridized carbons (Fsp3) is 0.933. The van der Waals surface area contributed by atoms with E-state index in [4.69, 9.17) is 4.74 Å². The third-order valence-electron chi connectivity index (χ3n) is 3.59. The molecule has 1 aliphatic carbocycles. The summed E-state index contributed by atoms with van der Waals surface area (Å²) >= 11 is 0. The fourth-order valence-corrected chi connectivity index (χ4v) is 3.91. The monoisotopic (exact) mass is 376 g/mol. The molecule has 0 aromatic rings. The van der Waals surface area contributed by atoms with Gasteiger partial charge in [0.1, 0.15) is 11.7 Å². The lowest BCUT2D eigenvalue weighted by atomic mass is 9.84. The summed E-state index contributed by atoms with van der Waals surface area (Å²) in [6.45, 7) is 5.62. The summed E-state index contributed by atoms with van der Waals surface area (Å²) in [7, 11) is -6.17. The van der Waals surface area contributed by atoms with E-state index in [0.717, 1.165) is 12.8 Å². The number of hydrogen-bond acceptors (Lipinski definition) is 3. The Morgan fingerprint density at radius 1 is 1.12 bits per heavy atom. The van der Waals surface area contributed by atoms with Crippen molar-refractivity contribution in [2.45, 2.75) is 69.8 Å². The van der Waals surface area contributed by atoms with Crippen LogP contribution < -0.4 is 0 Å². The molecular weight excluding hydrogens is 347 g/mol. The maximum atomic E-state index is 12.3. The van der Waals surface area contributed by atoms with Gasteiger partial charge in [-0.2, -0.15) is 0 Å². The van der Waals surface area contributed by atoms with Crippen LogP contribution >= 0.6 is 0 Å². The van der Waals surface area contributed by atoms with Crippen LogP contribution in [0.25, 0.3) is 0 Å². The highest BCUT2D eigenvalue weighted by atomic mass is 32.2. The summed E-state index contributed by atoms with van der Waals surface area (Å²) in [5, 5.41) is 10.2. The molecule has 1 saturated carbocycles. The number of hydrogen-bond donors (Lipinski definition) is 1. The van der Waals surface area contributed by atoms with E-state index < -0.39 is 19.0 Å². The van der Waals surface area contributed by atoms with Crippen LogP contribution in [0.4, 0.5) is 17.3 Å². The van der Waals surface area contributed by atoms with Gasteiger partial charge < -0.3 is 27.1 Å². The molecule has 0 aromatic heterocycles. The lowest BCUT2D eigenvalue weighted by molar-refractivity contribution is -0.157. The van der Waals surface area contributed by atoms with E-state index in [9.17, 15) is 27.2 Å². The third kappa shape index (κ3) is 11.2. The van der Waals surface area contributed by atoms with Crippen LogP contribution in [-0.4, -0.2) is 47.8 Å². The van der Waals surface area contributed by atoms with Crippen LogP contribution in [0.15, 0.2) is 0 Å². The number of ether oxygens (including phenoxy) is 1. The summed E-state index contributed by atoms with van der Waals surface area (Å²) in [6.07, 6.45) is 9.16. The van der Waals surface area contributed by atoms with Gasteiger partial charge in [0.25, 0.3) is 0 Å². The zero-order valence-electron chi connectivity index (χ0n) is 15.0. The van der Waals surface area contributed by atoms with Gasteiger partial charge in [-0.25, -0.2) is 4.79 Å². The molecule has 0 spiro atoms. The first kappa shape index (κ1) is 23.6. The smallest absolute Gasteiger partial charge is 0.456 e. The van der Waals surface area contributed by atoms with E-state index in [0.29, 0.717) is 0 Å². The molecule has 0 aliphatic heterocycles. The number of carbonyl (C=O) groups excluding carboxylic acids is 1. The Hall–Kier alpha value is -0.435. The lowest BCUT2D eigenvalue weighted by Crippen LogP contribution is -2.47. The number of carbonyl (C=O) groups is 1. The SMILES string of the molecule is C[S+](C)[C@H](C(=O)OC(C)(C)C)[C@@H](O)C1CCCCC1.F[B-](F)(F)F. The molecule has 0 aromatic carbocycles. The highest BCUT2D eigenvalue weighted by Gasteiger charge is 2.44. The largest absolute Gasteiger partial charge is 0.673 e. The number of aliphatic hydroxyl groups excluding tert-OH is 1. The summed E-state index contributed by atoms with van der Waals surface area (Å²) < 4.78 is 44.5. The van der Waals surface area contributed by atoms with Crippen LogP contribution in [0.5, 0.6) is 0 Å². The van der Waals surface area contributed by atoms with Gasteiger partial charge in [0.05, 0.1) is 12.5 Å². The molecule has 1 rings (SSSR count). The van der Waals surface area contributed by atoms with Crippen molar-refractivity contribution in [2.75, 3.05) is 12.5 Å². The predicted molar refractivity (Wildman–Crippen MR) is 91.6 cm³/mol. The molecule has 0 bridgehead atoms. The minimum atomic E-state index is -6.00. The molecule has 1 aliphatic rings. The molecule has 0 radical (unpaired) electrons. The van der Waals surface area contributed by atoms with Crippen LogP contribution in [0.3, 0.4) is 0 Å². The zero-order chi connectivity index (χ0) is 19.1. The first-order chi connectivity index (χ1) is 10.7. The van der Waals surface area contributed by atoms with Gasteiger partial charge in [0.15, 0.2) is 0 Å². The summed E-state index contributed by atoms with van der Waals surface area (Å²) in [5.41, 5.74) is -0.485. The Balaban J connectivity index is 0.000000922. The quantitative estimate of drug-likeness (QED) is 0.351. The van der Waals surface area contributed by atoms with Crippen molar-refractivity contribution >= 4 is 24.1 Å². The van der Waals surface area contributed by atoms with E-state index in [1.807, 2.05) is 33.3 Å². The lowest BCUT2D eigenvalue weighted by Gasteiger charge is -2.30. The second kappa shape index (κ2) is 9.90. The van der Waals surface area contributed by atoms with Crippen LogP contribution in [0.2, 0.25) is 0 Å². The number of esters is 1. The van der Waals surface area contributed by atoms with E-state index in [-0.39, 0.29) is 28.0 Å². The number of aliphatic hydroxyl groups is 1. The minimum Gasteiger partial charge on any atom is -0.456 e. The van der Waals surface area contributed by atoms with Crippen molar-refractivity contribution in [1.29, 1.82) is 0 Å². The molecule has 3 nitrogen and oxygen atoms in total. The molecule has 2 atom stereocenters. The molecule has 1 N–H and O–H groups in total. The Morgan fingerprint density at radius 3 is 1.88 bits per heavy atom. The summed E-state index contributed by atoms with van der Waals surface area (Å²) in [4.78, 5) is 12.3. The molecule has 9 heteroatoms. The molecule has 144 valence electrons. The van der Waals surface area contributed by atoms with Crippen molar-refractivity contribution in [1.82, 2.24) is 0 Å². The topological polar surface area (TPSA) is 46.5 Å². The Morgan fingerprint density at radius 2 is 1.54 bits per heavy atom. The van der Waals surface area contributed by atoms with E-state index >= 15 is 0 Å².